The van der Waals surface area contributed by atoms with E-state index < -0.39 is 5.50 Å². The molecule has 3 aromatic carbocycles. The third-order valence-corrected chi connectivity index (χ3v) is 6.28. The lowest BCUT2D eigenvalue weighted by molar-refractivity contribution is -0.116. The molecular formula is C24H20BrFN2O3S. The Balaban J connectivity index is 1.50. The Bertz CT molecular complexity index is 1160. The standard InChI is InChI=1S/C24H20BrFN2O3S/c1-30-20-12-16(11-17(25)22(20)31-14-15-7-3-2-4-8-15)13-21-23(29)28-24(32-21)27-19-10-6-5-9-18(19)26/h2-13,24,27H,14H2,1H3,(H,28,29)/b21-13-. The fourth-order valence-corrected chi connectivity index (χ4v) is 4.68. The molecule has 0 bridgehead atoms. The number of carbonyl (C=O) groups is 1. The highest BCUT2D eigenvalue weighted by atomic mass is 79.9. The summed E-state index contributed by atoms with van der Waals surface area (Å²) in [5.74, 6) is 0.524. The maximum absolute atomic E-state index is 13.9. The van der Waals surface area contributed by atoms with E-state index in [9.17, 15) is 9.18 Å². The predicted molar refractivity (Wildman–Crippen MR) is 129 cm³/mol. The molecule has 2 N–H and O–H groups in total. The molecule has 3 aromatic rings. The normalized spacial score (nSPS) is 16.7. The summed E-state index contributed by atoms with van der Waals surface area (Å²) >= 11 is 4.83. The van der Waals surface area contributed by atoms with Crippen molar-refractivity contribution in [2.45, 2.75) is 12.1 Å². The van der Waals surface area contributed by atoms with Crippen LogP contribution in [0.2, 0.25) is 0 Å². The summed E-state index contributed by atoms with van der Waals surface area (Å²) in [4.78, 5) is 12.9. The second-order valence-electron chi connectivity index (χ2n) is 6.91. The molecule has 1 amide bonds. The second kappa shape index (κ2) is 10.1. The van der Waals surface area contributed by atoms with E-state index in [1.54, 1.807) is 31.4 Å². The molecule has 32 heavy (non-hydrogen) atoms. The molecular weight excluding hydrogens is 495 g/mol. The summed E-state index contributed by atoms with van der Waals surface area (Å²) in [5.41, 5.74) is 1.67. The maximum atomic E-state index is 13.9. The molecule has 1 heterocycles. The first-order valence-corrected chi connectivity index (χ1v) is 11.5. The smallest absolute Gasteiger partial charge is 0.260 e. The van der Waals surface area contributed by atoms with Gasteiger partial charge < -0.3 is 20.1 Å². The zero-order valence-electron chi connectivity index (χ0n) is 17.1. The van der Waals surface area contributed by atoms with Gasteiger partial charge in [0.15, 0.2) is 17.0 Å². The highest BCUT2D eigenvalue weighted by Crippen LogP contribution is 2.39. The van der Waals surface area contributed by atoms with Crippen molar-refractivity contribution in [3.63, 3.8) is 0 Å². The number of carbonyl (C=O) groups excluding carboxylic acids is 1. The molecule has 0 aromatic heterocycles. The van der Waals surface area contributed by atoms with E-state index in [2.05, 4.69) is 26.6 Å². The summed E-state index contributed by atoms with van der Waals surface area (Å²) in [5, 5.41) is 5.80. The number of thioether (sulfide) groups is 1. The zero-order chi connectivity index (χ0) is 22.5. The van der Waals surface area contributed by atoms with Gasteiger partial charge in [0.05, 0.1) is 22.2 Å². The van der Waals surface area contributed by atoms with Crippen molar-refractivity contribution in [1.82, 2.24) is 5.32 Å². The number of nitrogens with one attached hydrogen (secondary N) is 2. The van der Waals surface area contributed by atoms with E-state index in [1.165, 1.54) is 17.8 Å². The van der Waals surface area contributed by atoms with Crippen LogP contribution < -0.4 is 20.1 Å². The Hall–Kier alpha value is -2.97. The van der Waals surface area contributed by atoms with Crippen molar-refractivity contribution in [1.29, 1.82) is 0 Å². The molecule has 1 aliphatic heterocycles. The second-order valence-corrected chi connectivity index (χ2v) is 8.91. The largest absolute Gasteiger partial charge is 0.493 e. The van der Waals surface area contributed by atoms with Crippen LogP contribution in [0, 0.1) is 5.82 Å². The van der Waals surface area contributed by atoms with Crippen LogP contribution in [0.5, 0.6) is 11.5 Å². The quantitative estimate of drug-likeness (QED) is 0.391. The molecule has 164 valence electrons. The third-order valence-electron chi connectivity index (χ3n) is 4.67. The van der Waals surface area contributed by atoms with Gasteiger partial charge in [0.1, 0.15) is 12.4 Å². The van der Waals surface area contributed by atoms with Crippen LogP contribution in [0.15, 0.2) is 76.1 Å². The van der Waals surface area contributed by atoms with Crippen LogP contribution in [0.3, 0.4) is 0 Å². The highest BCUT2D eigenvalue weighted by Gasteiger charge is 2.28. The molecule has 1 aliphatic rings. The minimum Gasteiger partial charge on any atom is -0.493 e. The Kier molecular flexibility index (Phi) is 7.02. The van der Waals surface area contributed by atoms with E-state index in [1.807, 2.05) is 42.5 Å². The van der Waals surface area contributed by atoms with Crippen molar-refractivity contribution in [3.05, 3.63) is 93.1 Å². The first kappa shape index (κ1) is 22.2. The van der Waals surface area contributed by atoms with Gasteiger partial charge in [-0.15, -0.1) is 0 Å². The average Bonchev–Trinajstić information content (AvgIpc) is 3.13. The molecule has 0 spiro atoms. The Labute approximate surface area is 198 Å². The number of anilines is 1. The summed E-state index contributed by atoms with van der Waals surface area (Å²) < 4.78 is 26.1. The lowest BCUT2D eigenvalue weighted by atomic mass is 10.2. The van der Waals surface area contributed by atoms with Gasteiger partial charge in [0, 0.05) is 0 Å². The van der Waals surface area contributed by atoms with E-state index in [-0.39, 0.29) is 11.7 Å². The average molecular weight is 515 g/mol. The molecule has 5 nitrogen and oxygen atoms in total. The van der Waals surface area contributed by atoms with Gasteiger partial charge in [-0.25, -0.2) is 4.39 Å². The summed E-state index contributed by atoms with van der Waals surface area (Å²) in [7, 11) is 1.57. The number of rotatable bonds is 7. The van der Waals surface area contributed by atoms with Gasteiger partial charge in [-0.1, -0.05) is 54.2 Å². The molecule has 0 radical (unpaired) electrons. The first-order chi connectivity index (χ1) is 15.5. The summed E-state index contributed by atoms with van der Waals surface area (Å²) in [6, 6.07) is 19.9. The van der Waals surface area contributed by atoms with Crippen molar-refractivity contribution >= 4 is 45.4 Å². The monoisotopic (exact) mass is 514 g/mol. The Morgan fingerprint density at radius 3 is 2.66 bits per heavy atom. The number of hydrogen-bond acceptors (Lipinski definition) is 5. The number of benzene rings is 3. The molecule has 1 atom stereocenters. The molecule has 0 aliphatic carbocycles. The number of hydrogen-bond donors (Lipinski definition) is 2. The molecule has 1 unspecified atom stereocenters. The van der Waals surface area contributed by atoms with Crippen molar-refractivity contribution in [3.8, 4) is 11.5 Å². The van der Waals surface area contributed by atoms with Crippen LogP contribution in [0.25, 0.3) is 6.08 Å². The van der Waals surface area contributed by atoms with Gasteiger partial charge in [-0.3, -0.25) is 4.79 Å². The molecule has 1 fully saturated rings. The minimum atomic E-state index is -0.468. The fourth-order valence-electron chi connectivity index (χ4n) is 3.13. The van der Waals surface area contributed by atoms with E-state index >= 15 is 0 Å². The molecule has 8 heteroatoms. The van der Waals surface area contributed by atoms with E-state index in [0.29, 0.717) is 33.2 Å². The number of amides is 1. The number of halogens is 2. The van der Waals surface area contributed by atoms with Gasteiger partial charge in [0.25, 0.3) is 5.91 Å². The Morgan fingerprint density at radius 2 is 1.91 bits per heavy atom. The van der Waals surface area contributed by atoms with Gasteiger partial charge in [0.2, 0.25) is 0 Å². The topological polar surface area (TPSA) is 59.6 Å². The maximum Gasteiger partial charge on any atom is 0.260 e. The predicted octanol–water partition coefficient (Wildman–Crippen LogP) is 5.78. The van der Waals surface area contributed by atoms with Crippen LogP contribution >= 0.6 is 27.7 Å². The SMILES string of the molecule is COc1cc(/C=C2\SC(Nc3ccccc3F)NC2=O)cc(Br)c1OCc1ccccc1. The highest BCUT2D eigenvalue weighted by molar-refractivity contribution is 9.10. The molecule has 0 saturated carbocycles. The lowest BCUT2D eigenvalue weighted by Gasteiger charge is -2.14. The summed E-state index contributed by atoms with van der Waals surface area (Å²) in [6.45, 7) is 0.401. The van der Waals surface area contributed by atoms with Crippen molar-refractivity contribution in [2.75, 3.05) is 12.4 Å². The number of para-hydroxylation sites is 1. The zero-order valence-corrected chi connectivity index (χ0v) is 19.5. The summed E-state index contributed by atoms with van der Waals surface area (Å²) in [6.07, 6.45) is 1.76. The minimum absolute atomic E-state index is 0.233. The van der Waals surface area contributed by atoms with Crippen molar-refractivity contribution in [2.24, 2.45) is 0 Å². The van der Waals surface area contributed by atoms with E-state index in [4.69, 9.17) is 9.47 Å². The number of ether oxygens (including phenoxy) is 2. The lowest BCUT2D eigenvalue weighted by Crippen LogP contribution is -2.31. The van der Waals surface area contributed by atoms with E-state index in [0.717, 1.165) is 11.1 Å². The van der Waals surface area contributed by atoms with Gasteiger partial charge >= 0.3 is 0 Å². The van der Waals surface area contributed by atoms with Crippen molar-refractivity contribution < 1.29 is 18.7 Å². The van der Waals surface area contributed by atoms with Crippen LogP contribution in [-0.2, 0) is 11.4 Å². The van der Waals surface area contributed by atoms with Crippen LogP contribution in [-0.4, -0.2) is 18.5 Å². The molecule has 4 rings (SSSR count). The van der Waals surface area contributed by atoms with Crippen LogP contribution in [0.4, 0.5) is 10.1 Å². The Morgan fingerprint density at radius 1 is 1.16 bits per heavy atom. The van der Waals surface area contributed by atoms with Gasteiger partial charge in [-0.05, 0) is 57.4 Å². The molecule has 1 saturated heterocycles. The third kappa shape index (κ3) is 5.26. The number of methoxy groups -OCH3 is 1. The fraction of sp³-hybridized carbons (Fsp3) is 0.125. The van der Waals surface area contributed by atoms with Crippen LogP contribution in [0.1, 0.15) is 11.1 Å². The van der Waals surface area contributed by atoms with Gasteiger partial charge in [-0.2, -0.15) is 0 Å². The first-order valence-electron chi connectivity index (χ1n) is 9.78.